The second-order valence-corrected chi connectivity index (χ2v) is 6.43. The number of hydrogen-bond donors (Lipinski definition) is 0. The van der Waals surface area contributed by atoms with Crippen molar-refractivity contribution in [2.24, 2.45) is 0 Å². The van der Waals surface area contributed by atoms with E-state index in [-0.39, 0.29) is 11.9 Å². The van der Waals surface area contributed by atoms with Gasteiger partial charge in [0.2, 0.25) is 11.7 Å². The number of halogens is 1. The largest absolute Gasteiger partial charge is 0.337 e. The fraction of sp³-hybridized carbons (Fsp3) is 0.211. The van der Waals surface area contributed by atoms with Crippen molar-refractivity contribution in [2.45, 2.75) is 18.9 Å². The monoisotopic (exact) mass is 353 g/mol. The van der Waals surface area contributed by atoms with Crippen molar-refractivity contribution in [3.05, 3.63) is 71.1 Å². The molecule has 0 spiro atoms. The Labute approximate surface area is 150 Å². The zero-order chi connectivity index (χ0) is 17.2. The average Bonchev–Trinajstić information content (AvgIpc) is 3.31. The summed E-state index contributed by atoms with van der Waals surface area (Å²) in [6.07, 6.45) is 1.73. The molecule has 3 aromatic rings. The van der Waals surface area contributed by atoms with Crippen molar-refractivity contribution in [2.75, 3.05) is 6.54 Å². The van der Waals surface area contributed by atoms with Gasteiger partial charge < -0.3 is 9.42 Å². The zero-order valence-corrected chi connectivity index (χ0v) is 14.2. The van der Waals surface area contributed by atoms with E-state index in [0.717, 1.165) is 18.4 Å². The van der Waals surface area contributed by atoms with Crippen LogP contribution in [0.25, 0.3) is 11.4 Å². The lowest BCUT2D eigenvalue weighted by Crippen LogP contribution is -2.30. The molecule has 25 heavy (non-hydrogen) atoms. The van der Waals surface area contributed by atoms with E-state index in [1.54, 1.807) is 12.1 Å². The van der Waals surface area contributed by atoms with Gasteiger partial charge in [-0.05, 0) is 37.1 Å². The summed E-state index contributed by atoms with van der Waals surface area (Å²) in [5.74, 6) is 0.943. The number of hydrogen-bond acceptors (Lipinski definition) is 4. The number of carbonyl (C=O) groups excluding carboxylic acids is 1. The van der Waals surface area contributed by atoms with Crippen molar-refractivity contribution in [3.8, 4) is 11.4 Å². The standard InChI is InChI=1S/C19H16ClN3O2/c20-15-9-4-8-14(12-15)17-21-18(25-22-17)16-10-5-11-23(16)19(24)13-6-2-1-3-7-13/h1-4,6-9,12,16H,5,10-11H2. The molecule has 0 saturated carbocycles. The smallest absolute Gasteiger partial charge is 0.254 e. The number of likely N-dealkylation sites (tertiary alicyclic amines) is 1. The summed E-state index contributed by atoms with van der Waals surface area (Å²) in [4.78, 5) is 19.1. The molecule has 1 atom stereocenters. The van der Waals surface area contributed by atoms with Crippen LogP contribution in [-0.4, -0.2) is 27.5 Å². The van der Waals surface area contributed by atoms with Gasteiger partial charge in [0.15, 0.2) is 0 Å². The quantitative estimate of drug-likeness (QED) is 0.701. The Bertz CT molecular complexity index is 894. The molecule has 4 rings (SSSR count). The Hall–Kier alpha value is -2.66. The number of aromatic nitrogens is 2. The van der Waals surface area contributed by atoms with Crippen LogP contribution in [0.4, 0.5) is 0 Å². The van der Waals surface area contributed by atoms with Crippen molar-refractivity contribution in [3.63, 3.8) is 0 Å². The number of nitrogens with zero attached hydrogens (tertiary/aromatic N) is 3. The highest BCUT2D eigenvalue weighted by molar-refractivity contribution is 6.30. The lowest BCUT2D eigenvalue weighted by Gasteiger charge is -2.21. The fourth-order valence-electron chi connectivity index (χ4n) is 3.13. The maximum atomic E-state index is 12.8. The number of amides is 1. The van der Waals surface area contributed by atoms with Crippen molar-refractivity contribution in [1.29, 1.82) is 0 Å². The van der Waals surface area contributed by atoms with Gasteiger partial charge in [0.25, 0.3) is 5.91 Å². The molecular weight excluding hydrogens is 338 g/mol. The molecule has 5 nitrogen and oxygen atoms in total. The maximum absolute atomic E-state index is 12.8. The second-order valence-electron chi connectivity index (χ2n) is 5.99. The third kappa shape index (κ3) is 3.15. The summed E-state index contributed by atoms with van der Waals surface area (Å²) in [7, 11) is 0. The minimum Gasteiger partial charge on any atom is -0.337 e. The summed E-state index contributed by atoms with van der Waals surface area (Å²) in [5.41, 5.74) is 1.46. The normalized spacial score (nSPS) is 17.0. The first-order valence-electron chi connectivity index (χ1n) is 8.18. The van der Waals surface area contributed by atoms with Crippen LogP contribution >= 0.6 is 11.6 Å². The minimum atomic E-state index is -0.187. The van der Waals surface area contributed by atoms with Gasteiger partial charge in [-0.3, -0.25) is 4.79 Å². The van der Waals surface area contributed by atoms with Gasteiger partial charge >= 0.3 is 0 Å². The molecule has 0 bridgehead atoms. The molecule has 2 aromatic carbocycles. The van der Waals surface area contributed by atoms with Crippen LogP contribution in [0.5, 0.6) is 0 Å². The predicted octanol–water partition coefficient (Wildman–Crippen LogP) is 4.37. The van der Waals surface area contributed by atoms with Crippen LogP contribution in [0.15, 0.2) is 59.1 Å². The number of carbonyl (C=O) groups is 1. The summed E-state index contributed by atoms with van der Waals surface area (Å²) < 4.78 is 5.46. The number of rotatable bonds is 3. The van der Waals surface area contributed by atoms with Gasteiger partial charge in [0.1, 0.15) is 6.04 Å². The molecule has 1 amide bonds. The summed E-state index contributed by atoms with van der Waals surface area (Å²) in [5, 5.41) is 4.67. The molecule has 0 N–H and O–H groups in total. The molecule has 1 fully saturated rings. The first-order chi connectivity index (χ1) is 12.2. The van der Waals surface area contributed by atoms with Crippen LogP contribution in [0, 0.1) is 0 Å². The van der Waals surface area contributed by atoms with Crippen LogP contribution in [-0.2, 0) is 0 Å². The average molecular weight is 354 g/mol. The van der Waals surface area contributed by atoms with E-state index in [1.165, 1.54) is 0 Å². The van der Waals surface area contributed by atoms with E-state index in [9.17, 15) is 4.79 Å². The summed E-state index contributed by atoms with van der Waals surface area (Å²) >= 11 is 6.02. The molecule has 1 aliphatic heterocycles. The van der Waals surface area contributed by atoms with Crippen molar-refractivity contribution < 1.29 is 9.32 Å². The van der Waals surface area contributed by atoms with Gasteiger partial charge in [0.05, 0.1) is 0 Å². The molecule has 1 aliphatic rings. The molecule has 1 unspecified atom stereocenters. The van der Waals surface area contributed by atoms with Gasteiger partial charge in [-0.1, -0.05) is 47.1 Å². The number of benzene rings is 2. The Morgan fingerprint density at radius 1 is 1.16 bits per heavy atom. The lowest BCUT2D eigenvalue weighted by molar-refractivity contribution is 0.0710. The lowest BCUT2D eigenvalue weighted by atomic mass is 10.1. The first kappa shape index (κ1) is 15.8. The van der Waals surface area contributed by atoms with E-state index >= 15 is 0 Å². The van der Waals surface area contributed by atoms with Crippen molar-refractivity contribution in [1.82, 2.24) is 15.0 Å². The molecule has 1 aromatic heterocycles. The summed E-state index contributed by atoms with van der Waals surface area (Å²) in [6, 6.07) is 16.4. The van der Waals surface area contributed by atoms with Crippen LogP contribution in [0.1, 0.15) is 35.1 Å². The molecule has 0 radical (unpaired) electrons. The molecule has 2 heterocycles. The highest BCUT2D eigenvalue weighted by Crippen LogP contribution is 2.33. The van der Waals surface area contributed by atoms with Crippen molar-refractivity contribution >= 4 is 17.5 Å². The molecule has 0 aliphatic carbocycles. The molecule has 6 heteroatoms. The van der Waals surface area contributed by atoms with Crippen LogP contribution < -0.4 is 0 Å². The van der Waals surface area contributed by atoms with Gasteiger partial charge in [-0.25, -0.2) is 0 Å². The van der Waals surface area contributed by atoms with Crippen LogP contribution in [0.3, 0.4) is 0 Å². The highest BCUT2D eigenvalue weighted by atomic mass is 35.5. The van der Waals surface area contributed by atoms with E-state index < -0.39 is 0 Å². The fourth-order valence-corrected chi connectivity index (χ4v) is 3.32. The molecular formula is C19H16ClN3O2. The van der Waals surface area contributed by atoms with Gasteiger partial charge in [-0.2, -0.15) is 4.98 Å². The van der Waals surface area contributed by atoms with E-state index in [1.807, 2.05) is 47.4 Å². The maximum Gasteiger partial charge on any atom is 0.254 e. The van der Waals surface area contributed by atoms with Gasteiger partial charge in [-0.15, -0.1) is 0 Å². The van der Waals surface area contributed by atoms with Gasteiger partial charge in [0, 0.05) is 22.7 Å². The Morgan fingerprint density at radius 2 is 2.00 bits per heavy atom. The molecule has 126 valence electrons. The Morgan fingerprint density at radius 3 is 2.80 bits per heavy atom. The highest BCUT2D eigenvalue weighted by Gasteiger charge is 2.34. The predicted molar refractivity (Wildman–Crippen MR) is 94.2 cm³/mol. The third-order valence-corrected chi connectivity index (χ3v) is 4.58. The van der Waals surface area contributed by atoms with E-state index in [2.05, 4.69) is 10.1 Å². The van der Waals surface area contributed by atoms with E-state index in [4.69, 9.17) is 16.1 Å². The topological polar surface area (TPSA) is 59.2 Å². The third-order valence-electron chi connectivity index (χ3n) is 4.34. The second kappa shape index (κ2) is 6.69. The molecule has 1 saturated heterocycles. The Kier molecular flexibility index (Phi) is 4.24. The Balaban J connectivity index is 1.60. The summed E-state index contributed by atoms with van der Waals surface area (Å²) in [6.45, 7) is 0.688. The zero-order valence-electron chi connectivity index (χ0n) is 13.4. The first-order valence-corrected chi connectivity index (χ1v) is 8.56. The van der Waals surface area contributed by atoms with E-state index in [0.29, 0.717) is 28.8 Å². The minimum absolute atomic E-state index is 0.00870. The van der Waals surface area contributed by atoms with Crippen LogP contribution in [0.2, 0.25) is 5.02 Å². The SMILES string of the molecule is O=C(c1ccccc1)N1CCCC1c1nc(-c2cccc(Cl)c2)no1.